The molecule has 1 aliphatic carbocycles. The Kier molecular flexibility index (Phi) is 5.51. The van der Waals surface area contributed by atoms with Gasteiger partial charge in [-0.05, 0) is 56.3 Å². The molecular weight excluding hydrogens is 302 g/mol. The molecule has 5 heteroatoms. The van der Waals surface area contributed by atoms with E-state index in [9.17, 15) is 9.59 Å². The number of nitrogens with two attached hydrogens (primary N) is 1. The van der Waals surface area contributed by atoms with Gasteiger partial charge in [-0.2, -0.15) is 0 Å². The van der Waals surface area contributed by atoms with Crippen molar-refractivity contribution in [3.05, 3.63) is 35.4 Å². The van der Waals surface area contributed by atoms with E-state index in [0.29, 0.717) is 19.0 Å². The van der Waals surface area contributed by atoms with Gasteiger partial charge in [0, 0.05) is 18.4 Å². The van der Waals surface area contributed by atoms with E-state index in [-0.39, 0.29) is 17.7 Å². The van der Waals surface area contributed by atoms with Gasteiger partial charge in [0.1, 0.15) is 0 Å². The molecule has 1 heterocycles. The minimum atomic E-state index is -0.213. The molecule has 2 amide bonds. The highest BCUT2D eigenvalue weighted by molar-refractivity contribution is 5.78. The first-order valence-electron chi connectivity index (χ1n) is 8.99. The van der Waals surface area contributed by atoms with Crippen molar-refractivity contribution in [2.24, 2.45) is 11.7 Å². The van der Waals surface area contributed by atoms with Crippen molar-refractivity contribution in [1.29, 1.82) is 0 Å². The van der Waals surface area contributed by atoms with Crippen LogP contribution in [0.5, 0.6) is 0 Å². The van der Waals surface area contributed by atoms with Gasteiger partial charge in [-0.15, -0.1) is 0 Å². The molecule has 1 aliphatic heterocycles. The van der Waals surface area contributed by atoms with Crippen molar-refractivity contribution in [3.8, 4) is 0 Å². The Morgan fingerprint density at radius 1 is 1.17 bits per heavy atom. The molecule has 1 saturated heterocycles. The number of aryl methyl sites for hydroxylation is 1. The number of amides is 2. The summed E-state index contributed by atoms with van der Waals surface area (Å²) in [4.78, 5) is 25.5. The molecular formula is C19H27N3O2. The highest BCUT2D eigenvalue weighted by Gasteiger charge is 2.25. The number of carbonyl (C=O) groups is 2. The normalized spacial score (nSPS) is 21.9. The van der Waals surface area contributed by atoms with Gasteiger partial charge in [0.05, 0.1) is 6.54 Å². The van der Waals surface area contributed by atoms with Crippen molar-refractivity contribution in [3.63, 3.8) is 0 Å². The van der Waals surface area contributed by atoms with Gasteiger partial charge in [0.25, 0.3) is 0 Å². The molecule has 1 aromatic rings. The number of likely N-dealkylation sites (tertiary alicyclic amines) is 1. The van der Waals surface area contributed by atoms with Gasteiger partial charge in [0.2, 0.25) is 11.8 Å². The Morgan fingerprint density at radius 3 is 2.67 bits per heavy atom. The van der Waals surface area contributed by atoms with Gasteiger partial charge < -0.3 is 11.1 Å². The van der Waals surface area contributed by atoms with Gasteiger partial charge >= 0.3 is 0 Å². The summed E-state index contributed by atoms with van der Waals surface area (Å²) < 4.78 is 0. The van der Waals surface area contributed by atoms with Gasteiger partial charge in [-0.3, -0.25) is 14.5 Å². The molecule has 5 nitrogen and oxygen atoms in total. The number of nitrogens with one attached hydrogen (secondary N) is 1. The predicted molar refractivity (Wildman–Crippen MR) is 93.5 cm³/mol. The first-order valence-corrected chi connectivity index (χ1v) is 8.99. The summed E-state index contributed by atoms with van der Waals surface area (Å²) in [6.45, 7) is 2.67. The highest BCUT2D eigenvalue weighted by atomic mass is 16.2. The molecule has 0 aromatic heterocycles. The Labute approximate surface area is 143 Å². The molecule has 0 saturated carbocycles. The Morgan fingerprint density at radius 2 is 1.92 bits per heavy atom. The number of benzene rings is 1. The summed E-state index contributed by atoms with van der Waals surface area (Å²) in [5, 5.41) is 3.10. The molecule has 24 heavy (non-hydrogen) atoms. The maximum atomic E-state index is 12.2. The van der Waals surface area contributed by atoms with Crippen molar-refractivity contribution in [2.75, 3.05) is 26.2 Å². The van der Waals surface area contributed by atoms with E-state index in [1.807, 2.05) is 0 Å². The number of fused-ring (bicyclic) bond motifs is 1. The molecule has 1 atom stereocenters. The number of hydrogen-bond donors (Lipinski definition) is 2. The second-order valence-electron chi connectivity index (χ2n) is 7.04. The number of carbonyl (C=O) groups excluding carboxylic acids is 2. The van der Waals surface area contributed by atoms with E-state index in [1.54, 1.807) is 0 Å². The van der Waals surface area contributed by atoms with Crippen molar-refractivity contribution < 1.29 is 9.59 Å². The fourth-order valence-electron chi connectivity index (χ4n) is 3.94. The Bertz CT molecular complexity index is 594. The summed E-state index contributed by atoms with van der Waals surface area (Å²) in [5.41, 5.74) is 8.17. The smallest absolute Gasteiger partial charge is 0.234 e. The van der Waals surface area contributed by atoms with Crippen molar-refractivity contribution >= 4 is 11.8 Å². The lowest BCUT2D eigenvalue weighted by molar-refractivity contribution is -0.124. The van der Waals surface area contributed by atoms with Crippen LogP contribution in [0, 0.1) is 5.92 Å². The van der Waals surface area contributed by atoms with E-state index in [4.69, 9.17) is 5.73 Å². The van der Waals surface area contributed by atoms with E-state index in [2.05, 4.69) is 34.5 Å². The summed E-state index contributed by atoms with van der Waals surface area (Å²) in [7, 11) is 0. The molecule has 1 aromatic carbocycles. The SMILES string of the molecule is NC(=O)C1CCN(CC(=O)NC[C@H]2CCCc3ccccc32)CC1. The van der Waals surface area contributed by atoms with Crippen LogP contribution in [0.25, 0.3) is 0 Å². The van der Waals surface area contributed by atoms with Gasteiger partial charge in [-0.25, -0.2) is 0 Å². The predicted octanol–water partition coefficient (Wildman–Crippen LogP) is 1.42. The average molecular weight is 329 g/mol. The second-order valence-corrected chi connectivity index (χ2v) is 7.04. The monoisotopic (exact) mass is 329 g/mol. The quantitative estimate of drug-likeness (QED) is 0.858. The van der Waals surface area contributed by atoms with E-state index < -0.39 is 0 Å². The van der Waals surface area contributed by atoms with Crippen LogP contribution in [0.2, 0.25) is 0 Å². The lowest BCUT2D eigenvalue weighted by Crippen LogP contribution is -2.44. The molecule has 0 unspecified atom stereocenters. The number of nitrogens with zero attached hydrogens (tertiary/aromatic N) is 1. The minimum Gasteiger partial charge on any atom is -0.369 e. The molecule has 3 N–H and O–H groups in total. The second kappa shape index (κ2) is 7.79. The summed E-state index contributed by atoms with van der Waals surface area (Å²) in [5.74, 6) is 0.271. The Balaban J connectivity index is 1.45. The summed E-state index contributed by atoms with van der Waals surface area (Å²) >= 11 is 0. The zero-order valence-corrected chi connectivity index (χ0v) is 14.2. The number of rotatable bonds is 5. The fourth-order valence-corrected chi connectivity index (χ4v) is 3.94. The van der Waals surface area contributed by atoms with Gasteiger partial charge in [-0.1, -0.05) is 24.3 Å². The third-order valence-electron chi connectivity index (χ3n) is 5.40. The molecule has 0 radical (unpaired) electrons. The molecule has 130 valence electrons. The van der Waals surface area contributed by atoms with Crippen LogP contribution in [0.15, 0.2) is 24.3 Å². The van der Waals surface area contributed by atoms with E-state index in [0.717, 1.165) is 38.8 Å². The molecule has 0 spiro atoms. The van der Waals surface area contributed by atoms with Crippen LogP contribution < -0.4 is 11.1 Å². The zero-order valence-electron chi connectivity index (χ0n) is 14.2. The standard InChI is InChI=1S/C19H27N3O2/c20-19(24)15-8-10-22(11-9-15)13-18(23)21-12-16-6-3-5-14-4-1-2-7-17(14)16/h1-2,4,7,15-16H,3,5-6,8-13H2,(H2,20,24)(H,21,23)/t16-/m1/s1. The van der Waals surface area contributed by atoms with Crippen LogP contribution in [-0.4, -0.2) is 42.9 Å². The van der Waals surface area contributed by atoms with Crippen LogP contribution in [-0.2, 0) is 16.0 Å². The zero-order chi connectivity index (χ0) is 16.9. The van der Waals surface area contributed by atoms with Crippen LogP contribution in [0.3, 0.4) is 0 Å². The lowest BCUT2D eigenvalue weighted by atomic mass is 9.83. The maximum absolute atomic E-state index is 12.2. The highest BCUT2D eigenvalue weighted by Crippen LogP contribution is 2.30. The average Bonchev–Trinajstić information content (AvgIpc) is 2.60. The van der Waals surface area contributed by atoms with Crippen molar-refractivity contribution in [2.45, 2.75) is 38.0 Å². The lowest BCUT2D eigenvalue weighted by Gasteiger charge is -2.30. The topological polar surface area (TPSA) is 75.4 Å². The number of piperidine rings is 1. The van der Waals surface area contributed by atoms with E-state index >= 15 is 0 Å². The van der Waals surface area contributed by atoms with Gasteiger partial charge in [0.15, 0.2) is 0 Å². The molecule has 1 fully saturated rings. The fraction of sp³-hybridized carbons (Fsp3) is 0.579. The maximum Gasteiger partial charge on any atom is 0.234 e. The molecule has 0 bridgehead atoms. The third-order valence-corrected chi connectivity index (χ3v) is 5.40. The first kappa shape index (κ1) is 17.0. The first-order chi connectivity index (χ1) is 11.6. The largest absolute Gasteiger partial charge is 0.369 e. The Hall–Kier alpha value is -1.88. The number of primary amides is 1. The summed E-state index contributed by atoms with van der Waals surface area (Å²) in [6.07, 6.45) is 5.01. The number of hydrogen-bond acceptors (Lipinski definition) is 3. The third kappa shape index (κ3) is 4.15. The molecule has 2 aliphatic rings. The van der Waals surface area contributed by atoms with Crippen LogP contribution >= 0.6 is 0 Å². The van der Waals surface area contributed by atoms with Crippen molar-refractivity contribution in [1.82, 2.24) is 10.2 Å². The van der Waals surface area contributed by atoms with E-state index in [1.165, 1.54) is 17.5 Å². The van der Waals surface area contributed by atoms with Crippen LogP contribution in [0.1, 0.15) is 42.7 Å². The molecule has 3 rings (SSSR count). The minimum absolute atomic E-state index is 0.0250. The van der Waals surface area contributed by atoms with Crippen LogP contribution in [0.4, 0.5) is 0 Å². The summed E-state index contributed by atoms with van der Waals surface area (Å²) in [6, 6.07) is 8.57.